The third-order valence-electron chi connectivity index (χ3n) is 5.75. The highest BCUT2D eigenvalue weighted by Crippen LogP contribution is 2.35. The summed E-state index contributed by atoms with van der Waals surface area (Å²) in [6.45, 7) is 4.25. The average molecular weight is 444 g/mol. The Hall–Kier alpha value is -3.27. The lowest BCUT2D eigenvalue weighted by molar-refractivity contribution is 0.100. The SMILES string of the molecule is CCn1nc(F)c2cc(Nc3nc(N[C@H](CC4CC4)[C@H](C)N)c(F)cc3C(N)=O)ccc21. The maximum atomic E-state index is 14.7. The van der Waals surface area contributed by atoms with Crippen molar-refractivity contribution in [2.24, 2.45) is 17.4 Å². The molecule has 1 aliphatic rings. The third kappa shape index (κ3) is 4.50. The molecule has 0 saturated heterocycles. The van der Waals surface area contributed by atoms with Crippen LogP contribution in [0.5, 0.6) is 0 Å². The fourth-order valence-corrected chi connectivity index (χ4v) is 3.76. The molecule has 0 radical (unpaired) electrons. The normalized spacial score (nSPS) is 15.5. The fraction of sp³-hybridized carbons (Fsp3) is 0.409. The lowest BCUT2D eigenvalue weighted by atomic mass is 10.0. The van der Waals surface area contributed by atoms with Gasteiger partial charge in [-0.15, -0.1) is 5.10 Å². The van der Waals surface area contributed by atoms with E-state index in [4.69, 9.17) is 11.5 Å². The van der Waals surface area contributed by atoms with Gasteiger partial charge in [-0.1, -0.05) is 12.8 Å². The minimum atomic E-state index is -0.835. The van der Waals surface area contributed by atoms with Crippen LogP contribution in [0, 0.1) is 17.7 Å². The predicted molar refractivity (Wildman–Crippen MR) is 120 cm³/mol. The molecule has 1 fully saturated rings. The van der Waals surface area contributed by atoms with Crippen molar-refractivity contribution >= 4 is 34.1 Å². The minimum Gasteiger partial charge on any atom is -0.365 e. The van der Waals surface area contributed by atoms with Crippen molar-refractivity contribution in [2.45, 2.75) is 51.7 Å². The van der Waals surface area contributed by atoms with Crippen molar-refractivity contribution in [1.29, 1.82) is 0 Å². The summed E-state index contributed by atoms with van der Waals surface area (Å²) in [5.74, 6) is -1.51. The van der Waals surface area contributed by atoms with Gasteiger partial charge in [0.2, 0.25) is 5.95 Å². The third-order valence-corrected chi connectivity index (χ3v) is 5.75. The summed E-state index contributed by atoms with van der Waals surface area (Å²) >= 11 is 0. The molecule has 32 heavy (non-hydrogen) atoms. The number of hydrogen-bond donors (Lipinski definition) is 4. The van der Waals surface area contributed by atoms with Gasteiger partial charge in [-0.3, -0.25) is 9.48 Å². The molecule has 0 aliphatic heterocycles. The molecule has 0 unspecified atom stereocenters. The molecule has 4 rings (SSSR count). The number of nitrogens with one attached hydrogen (secondary N) is 2. The molecule has 6 N–H and O–H groups in total. The number of carbonyl (C=O) groups excluding carboxylic acids is 1. The van der Waals surface area contributed by atoms with E-state index < -0.39 is 17.7 Å². The number of amides is 1. The van der Waals surface area contributed by atoms with Crippen LogP contribution in [0.1, 0.15) is 43.5 Å². The number of primary amides is 1. The Labute approximate surface area is 184 Å². The van der Waals surface area contributed by atoms with Crippen LogP contribution < -0.4 is 22.1 Å². The van der Waals surface area contributed by atoms with Crippen LogP contribution in [0.4, 0.5) is 26.1 Å². The maximum Gasteiger partial charge on any atom is 0.252 e. The molecule has 3 aromatic rings. The van der Waals surface area contributed by atoms with Gasteiger partial charge >= 0.3 is 0 Å². The zero-order valence-electron chi connectivity index (χ0n) is 18.0. The smallest absolute Gasteiger partial charge is 0.252 e. The van der Waals surface area contributed by atoms with E-state index in [1.54, 1.807) is 22.9 Å². The number of carbonyl (C=O) groups is 1. The molecule has 2 atom stereocenters. The van der Waals surface area contributed by atoms with Crippen LogP contribution in [-0.4, -0.2) is 32.8 Å². The van der Waals surface area contributed by atoms with Gasteiger partial charge < -0.3 is 22.1 Å². The quantitative estimate of drug-likeness (QED) is 0.401. The van der Waals surface area contributed by atoms with E-state index in [1.165, 1.54) is 0 Å². The largest absolute Gasteiger partial charge is 0.365 e. The highest BCUT2D eigenvalue weighted by molar-refractivity contribution is 5.99. The van der Waals surface area contributed by atoms with E-state index in [2.05, 4.69) is 20.7 Å². The first-order valence-corrected chi connectivity index (χ1v) is 10.7. The van der Waals surface area contributed by atoms with E-state index in [9.17, 15) is 13.6 Å². The van der Waals surface area contributed by atoms with E-state index in [0.29, 0.717) is 29.1 Å². The molecule has 0 spiro atoms. The van der Waals surface area contributed by atoms with Gasteiger partial charge in [-0.25, -0.2) is 9.37 Å². The van der Waals surface area contributed by atoms with Crippen LogP contribution in [0.3, 0.4) is 0 Å². The van der Waals surface area contributed by atoms with Crippen LogP contribution >= 0.6 is 0 Å². The molecule has 1 aliphatic carbocycles. The Kier molecular flexibility index (Phi) is 5.96. The van der Waals surface area contributed by atoms with Crippen molar-refractivity contribution in [3.63, 3.8) is 0 Å². The van der Waals surface area contributed by atoms with E-state index in [0.717, 1.165) is 25.3 Å². The fourth-order valence-electron chi connectivity index (χ4n) is 3.76. The van der Waals surface area contributed by atoms with Crippen molar-refractivity contribution in [3.8, 4) is 0 Å². The monoisotopic (exact) mass is 443 g/mol. The predicted octanol–water partition coefficient (Wildman–Crippen LogP) is 3.50. The number of hydrogen-bond acceptors (Lipinski definition) is 6. The van der Waals surface area contributed by atoms with Crippen LogP contribution in [0.15, 0.2) is 24.3 Å². The first kappa shape index (κ1) is 21.9. The summed E-state index contributed by atoms with van der Waals surface area (Å²) in [6, 6.07) is 5.64. The van der Waals surface area contributed by atoms with Gasteiger partial charge in [0.15, 0.2) is 11.6 Å². The molecular formula is C22H27F2N7O. The van der Waals surface area contributed by atoms with E-state index in [-0.39, 0.29) is 29.3 Å². The molecule has 10 heteroatoms. The Morgan fingerprint density at radius 1 is 1.28 bits per heavy atom. The summed E-state index contributed by atoms with van der Waals surface area (Å²) in [7, 11) is 0. The topological polar surface area (TPSA) is 124 Å². The maximum absolute atomic E-state index is 14.7. The first-order chi connectivity index (χ1) is 15.3. The molecule has 1 saturated carbocycles. The number of rotatable bonds is 9. The van der Waals surface area contributed by atoms with E-state index >= 15 is 0 Å². The lowest BCUT2D eigenvalue weighted by Gasteiger charge is -2.24. The second-order valence-corrected chi connectivity index (χ2v) is 8.33. The lowest BCUT2D eigenvalue weighted by Crippen LogP contribution is -2.39. The van der Waals surface area contributed by atoms with Crippen molar-refractivity contribution < 1.29 is 13.6 Å². The van der Waals surface area contributed by atoms with Crippen molar-refractivity contribution in [3.05, 3.63) is 41.6 Å². The Balaban J connectivity index is 1.67. The Morgan fingerprint density at radius 2 is 2.03 bits per heavy atom. The number of nitrogens with two attached hydrogens (primary N) is 2. The number of fused-ring (bicyclic) bond motifs is 1. The Bertz CT molecular complexity index is 1160. The molecule has 1 amide bonds. The Morgan fingerprint density at radius 3 is 2.66 bits per heavy atom. The van der Waals surface area contributed by atoms with Crippen LogP contribution in [0.25, 0.3) is 10.9 Å². The minimum absolute atomic E-state index is 0.0217. The summed E-state index contributed by atoms with van der Waals surface area (Å²) in [5, 5.41) is 10.2. The first-order valence-electron chi connectivity index (χ1n) is 10.7. The number of pyridine rings is 1. The zero-order valence-corrected chi connectivity index (χ0v) is 18.0. The van der Waals surface area contributed by atoms with Gasteiger partial charge in [-0.05, 0) is 50.5 Å². The number of halogens is 2. The zero-order chi connectivity index (χ0) is 23.0. The number of anilines is 3. The second-order valence-electron chi connectivity index (χ2n) is 8.33. The standard InChI is InChI=1S/C22H27F2N7O/c1-3-31-18-7-6-13(9-14(18)19(24)30-31)27-21-15(20(26)32)10-16(23)22(29-21)28-17(11(2)25)8-12-4-5-12/h6-7,9-12,17H,3-5,8,25H2,1-2H3,(H2,26,32)(H2,27,28,29)/t11-,17+/m0/s1. The molecule has 170 valence electrons. The number of aromatic nitrogens is 3. The highest BCUT2D eigenvalue weighted by atomic mass is 19.1. The molecular weight excluding hydrogens is 416 g/mol. The second kappa shape index (κ2) is 8.70. The van der Waals surface area contributed by atoms with Gasteiger partial charge in [0, 0.05) is 24.3 Å². The number of benzene rings is 1. The van der Waals surface area contributed by atoms with Crippen molar-refractivity contribution in [1.82, 2.24) is 14.8 Å². The van der Waals surface area contributed by atoms with E-state index in [1.807, 2.05) is 13.8 Å². The highest BCUT2D eigenvalue weighted by Gasteiger charge is 2.28. The van der Waals surface area contributed by atoms with Gasteiger partial charge in [0.05, 0.1) is 16.5 Å². The summed E-state index contributed by atoms with van der Waals surface area (Å²) in [4.78, 5) is 16.2. The molecule has 1 aromatic carbocycles. The van der Waals surface area contributed by atoms with Gasteiger partial charge in [0.25, 0.3) is 5.91 Å². The molecule has 8 nitrogen and oxygen atoms in total. The van der Waals surface area contributed by atoms with Crippen LogP contribution in [0.2, 0.25) is 0 Å². The molecule has 2 heterocycles. The molecule has 0 bridgehead atoms. The average Bonchev–Trinajstić information content (AvgIpc) is 3.51. The number of nitrogens with zero attached hydrogens (tertiary/aromatic N) is 3. The summed E-state index contributed by atoms with van der Waals surface area (Å²) in [5.41, 5.74) is 12.5. The van der Waals surface area contributed by atoms with Gasteiger partial charge in [-0.2, -0.15) is 4.39 Å². The summed E-state index contributed by atoms with van der Waals surface area (Å²) < 4.78 is 30.5. The summed E-state index contributed by atoms with van der Waals surface area (Å²) in [6.07, 6.45) is 3.10. The molecule has 2 aromatic heterocycles. The van der Waals surface area contributed by atoms with Crippen molar-refractivity contribution in [2.75, 3.05) is 10.6 Å². The van der Waals surface area contributed by atoms with Gasteiger partial charge in [0.1, 0.15) is 5.82 Å². The van der Waals surface area contributed by atoms with Crippen LogP contribution in [-0.2, 0) is 6.54 Å². The number of aryl methyl sites for hydroxylation is 1.